The van der Waals surface area contributed by atoms with Crippen LogP contribution in [0.15, 0.2) is 41.2 Å². The lowest BCUT2D eigenvalue weighted by Crippen LogP contribution is -2.23. The highest BCUT2D eigenvalue weighted by molar-refractivity contribution is 5.71. The summed E-state index contributed by atoms with van der Waals surface area (Å²) in [5, 5.41) is 0. The van der Waals surface area contributed by atoms with Crippen molar-refractivity contribution in [3.8, 4) is 5.75 Å². The molecular formula is C23H34N2O3. The summed E-state index contributed by atoms with van der Waals surface area (Å²) in [7, 11) is 0. The third-order valence-corrected chi connectivity index (χ3v) is 4.57. The van der Waals surface area contributed by atoms with Crippen LogP contribution in [0.2, 0.25) is 0 Å². The number of benzene rings is 1. The van der Waals surface area contributed by atoms with Crippen molar-refractivity contribution in [2.45, 2.75) is 71.8 Å². The number of anilines is 1. The van der Waals surface area contributed by atoms with E-state index in [9.17, 15) is 4.79 Å². The van der Waals surface area contributed by atoms with Gasteiger partial charge in [-0.25, -0.2) is 0 Å². The van der Waals surface area contributed by atoms with Crippen molar-refractivity contribution < 1.29 is 14.3 Å². The molecule has 0 saturated heterocycles. The van der Waals surface area contributed by atoms with Crippen molar-refractivity contribution in [3.05, 3.63) is 36.2 Å². The first-order chi connectivity index (χ1) is 13.6. The second-order valence-electron chi connectivity index (χ2n) is 7.25. The van der Waals surface area contributed by atoms with Gasteiger partial charge in [0.1, 0.15) is 11.9 Å². The summed E-state index contributed by atoms with van der Waals surface area (Å²) < 4.78 is 11.4. The summed E-state index contributed by atoms with van der Waals surface area (Å²) >= 11 is 0. The minimum Gasteiger partial charge on any atom is -0.494 e. The molecule has 0 amide bonds. The van der Waals surface area contributed by atoms with Gasteiger partial charge in [0.2, 0.25) is 0 Å². The van der Waals surface area contributed by atoms with Crippen LogP contribution in [0.4, 0.5) is 5.69 Å². The van der Waals surface area contributed by atoms with Gasteiger partial charge >= 0.3 is 5.97 Å². The Labute approximate surface area is 169 Å². The number of carbonyl (C=O) groups excluding carboxylic acids is 1. The molecule has 0 radical (unpaired) electrons. The summed E-state index contributed by atoms with van der Waals surface area (Å²) in [4.78, 5) is 18.4. The lowest BCUT2D eigenvalue weighted by Gasteiger charge is -2.24. The van der Waals surface area contributed by atoms with Gasteiger partial charge in [-0.2, -0.15) is 0 Å². The fourth-order valence-electron chi connectivity index (χ4n) is 3.03. The van der Waals surface area contributed by atoms with Crippen molar-refractivity contribution in [1.29, 1.82) is 0 Å². The summed E-state index contributed by atoms with van der Waals surface area (Å²) in [6, 6.07) is 8.14. The number of nitrogens with zero attached hydrogens (tertiary/aromatic N) is 2. The predicted octanol–water partition coefficient (Wildman–Crippen LogP) is 5.50. The van der Waals surface area contributed by atoms with Crippen LogP contribution in [0.5, 0.6) is 5.75 Å². The van der Waals surface area contributed by atoms with Crippen LogP contribution in [0.25, 0.3) is 0 Å². The molecule has 1 atom stereocenters. The lowest BCUT2D eigenvalue weighted by atomic mass is 10.2. The van der Waals surface area contributed by atoms with E-state index in [2.05, 4.69) is 35.9 Å². The molecule has 5 heteroatoms. The van der Waals surface area contributed by atoms with E-state index in [1.807, 2.05) is 31.5 Å². The summed E-state index contributed by atoms with van der Waals surface area (Å²) in [5.41, 5.74) is 1.99. The number of aliphatic imine (C=N–C) groups is 1. The van der Waals surface area contributed by atoms with E-state index in [0.717, 1.165) is 43.0 Å². The minimum atomic E-state index is -0.180. The largest absolute Gasteiger partial charge is 0.494 e. The third kappa shape index (κ3) is 7.75. The molecule has 28 heavy (non-hydrogen) atoms. The molecular weight excluding hydrogens is 352 g/mol. The average Bonchev–Trinajstić information content (AvgIpc) is 2.70. The summed E-state index contributed by atoms with van der Waals surface area (Å²) in [6.07, 6.45) is 10.2. The first-order valence-corrected chi connectivity index (χ1v) is 10.5. The number of unbranched alkanes of at least 4 members (excludes halogenated alkanes) is 3. The Bertz CT molecular complexity index is 670. The van der Waals surface area contributed by atoms with E-state index in [1.165, 1.54) is 12.8 Å². The van der Waals surface area contributed by atoms with Crippen LogP contribution in [-0.2, 0) is 9.53 Å². The Hall–Kier alpha value is -2.30. The maximum absolute atomic E-state index is 11.8. The monoisotopic (exact) mass is 386 g/mol. The van der Waals surface area contributed by atoms with Gasteiger partial charge in [0.15, 0.2) is 0 Å². The second-order valence-corrected chi connectivity index (χ2v) is 7.25. The molecule has 0 spiro atoms. The number of carbonyl (C=O) groups is 1. The molecule has 1 heterocycles. The zero-order valence-corrected chi connectivity index (χ0v) is 17.5. The van der Waals surface area contributed by atoms with Crippen LogP contribution in [0.3, 0.4) is 0 Å². The maximum Gasteiger partial charge on any atom is 0.306 e. The van der Waals surface area contributed by atoms with Crippen LogP contribution in [0, 0.1) is 0 Å². The Morgan fingerprint density at radius 3 is 2.82 bits per heavy atom. The highest BCUT2D eigenvalue weighted by Gasteiger charge is 2.15. The first-order valence-electron chi connectivity index (χ1n) is 10.5. The molecule has 0 aromatic heterocycles. The SMILES string of the molecule is CCCCCOc1cccc(N2C=C(CC(C)OC(=O)CCCC)N=CC2)c1. The van der Waals surface area contributed by atoms with E-state index in [4.69, 9.17) is 9.47 Å². The minimum absolute atomic E-state index is 0.125. The standard InChI is InChI=1S/C23H34N2O3/c1-4-6-8-15-27-22-11-9-10-21(17-22)25-14-13-24-20(18-25)16-19(3)28-23(26)12-7-5-2/h9-11,13,17-19H,4-8,12,14-16H2,1-3H3. The molecule has 1 aliphatic heterocycles. The summed E-state index contributed by atoms with van der Waals surface area (Å²) in [6.45, 7) is 7.64. The highest BCUT2D eigenvalue weighted by atomic mass is 16.5. The van der Waals surface area contributed by atoms with Gasteiger partial charge in [-0.05, 0) is 31.9 Å². The van der Waals surface area contributed by atoms with Gasteiger partial charge in [0.05, 0.1) is 18.8 Å². The molecule has 1 aromatic carbocycles. The van der Waals surface area contributed by atoms with Gasteiger partial charge in [-0.1, -0.05) is 39.2 Å². The van der Waals surface area contributed by atoms with Crippen molar-refractivity contribution in [2.75, 3.05) is 18.1 Å². The topological polar surface area (TPSA) is 51.1 Å². The van der Waals surface area contributed by atoms with E-state index >= 15 is 0 Å². The van der Waals surface area contributed by atoms with Crippen LogP contribution in [-0.4, -0.2) is 31.4 Å². The van der Waals surface area contributed by atoms with Gasteiger partial charge in [-0.3, -0.25) is 9.79 Å². The average molecular weight is 387 g/mol. The number of hydrogen-bond acceptors (Lipinski definition) is 5. The fraction of sp³-hybridized carbons (Fsp3) is 0.565. The number of rotatable bonds is 12. The first kappa shape index (κ1) is 22.0. The van der Waals surface area contributed by atoms with Crippen LogP contribution in [0.1, 0.15) is 65.7 Å². The van der Waals surface area contributed by atoms with Gasteiger partial charge in [0, 0.05) is 37.0 Å². The normalized spacial score (nSPS) is 14.5. The van der Waals surface area contributed by atoms with Crippen LogP contribution < -0.4 is 9.64 Å². The number of ether oxygens (including phenoxy) is 2. The van der Waals surface area contributed by atoms with Crippen molar-refractivity contribution >= 4 is 17.9 Å². The van der Waals surface area contributed by atoms with Gasteiger partial charge in [0.25, 0.3) is 0 Å². The van der Waals surface area contributed by atoms with Gasteiger partial charge in [-0.15, -0.1) is 0 Å². The van der Waals surface area contributed by atoms with Gasteiger partial charge < -0.3 is 14.4 Å². The van der Waals surface area contributed by atoms with E-state index < -0.39 is 0 Å². The third-order valence-electron chi connectivity index (χ3n) is 4.57. The second kappa shape index (κ2) is 12.2. The molecule has 0 aliphatic carbocycles. The Balaban J connectivity index is 1.91. The zero-order chi connectivity index (χ0) is 20.2. The molecule has 5 nitrogen and oxygen atoms in total. The van der Waals surface area contributed by atoms with E-state index in [1.54, 1.807) is 0 Å². The summed E-state index contributed by atoms with van der Waals surface area (Å²) in [5.74, 6) is 0.767. The molecule has 1 unspecified atom stereocenters. The molecule has 154 valence electrons. The van der Waals surface area contributed by atoms with E-state index in [0.29, 0.717) is 19.4 Å². The smallest absolute Gasteiger partial charge is 0.306 e. The Kier molecular flexibility index (Phi) is 9.60. The molecule has 0 saturated carbocycles. The van der Waals surface area contributed by atoms with Crippen molar-refractivity contribution in [3.63, 3.8) is 0 Å². The molecule has 1 aliphatic rings. The molecule has 0 bridgehead atoms. The lowest BCUT2D eigenvalue weighted by molar-refractivity contribution is -0.148. The highest BCUT2D eigenvalue weighted by Crippen LogP contribution is 2.24. The molecule has 0 N–H and O–H groups in total. The maximum atomic E-state index is 11.8. The zero-order valence-electron chi connectivity index (χ0n) is 17.5. The Morgan fingerprint density at radius 1 is 1.21 bits per heavy atom. The predicted molar refractivity (Wildman–Crippen MR) is 115 cm³/mol. The molecule has 1 aromatic rings. The molecule has 0 fully saturated rings. The van der Waals surface area contributed by atoms with Crippen molar-refractivity contribution in [2.24, 2.45) is 4.99 Å². The molecule has 2 rings (SSSR count). The van der Waals surface area contributed by atoms with Crippen molar-refractivity contribution in [1.82, 2.24) is 0 Å². The number of hydrogen-bond donors (Lipinski definition) is 0. The number of esters is 1. The fourth-order valence-corrected chi connectivity index (χ4v) is 3.03. The Morgan fingerprint density at radius 2 is 2.04 bits per heavy atom. The van der Waals surface area contributed by atoms with E-state index in [-0.39, 0.29) is 12.1 Å². The quantitative estimate of drug-likeness (QED) is 0.351. The van der Waals surface area contributed by atoms with Crippen LogP contribution >= 0.6 is 0 Å².